The van der Waals surface area contributed by atoms with Crippen molar-refractivity contribution in [3.05, 3.63) is 69.7 Å². The van der Waals surface area contributed by atoms with Crippen LogP contribution in [0.4, 0.5) is 18.9 Å². The maximum atomic E-state index is 12.8. The monoisotopic (exact) mass is 436 g/mol. The summed E-state index contributed by atoms with van der Waals surface area (Å²) in [5, 5.41) is 11.8. The molecule has 0 saturated carbocycles. The van der Waals surface area contributed by atoms with Gasteiger partial charge in [0, 0.05) is 16.6 Å². The van der Waals surface area contributed by atoms with Crippen LogP contribution in [-0.4, -0.2) is 14.8 Å². The summed E-state index contributed by atoms with van der Waals surface area (Å²) in [7, 11) is 0. The second kappa shape index (κ2) is 6.67. The van der Waals surface area contributed by atoms with Crippen LogP contribution in [0.25, 0.3) is 5.69 Å². The molecule has 2 heterocycles. The third-order valence-electron chi connectivity index (χ3n) is 4.71. The highest BCUT2D eigenvalue weighted by Crippen LogP contribution is 2.36. The molecule has 0 amide bonds. The molecule has 0 fully saturated rings. The van der Waals surface area contributed by atoms with E-state index in [0.29, 0.717) is 12.1 Å². The maximum Gasteiger partial charge on any atom is 0.416 e. The van der Waals surface area contributed by atoms with Crippen LogP contribution in [0, 0.1) is 6.92 Å². The van der Waals surface area contributed by atoms with Gasteiger partial charge in [0.25, 0.3) is 0 Å². The number of hydrogen-bond acceptors (Lipinski definition) is 3. The highest BCUT2D eigenvalue weighted by molar-refractivity contribution is 9.10. The Bertz CT molecular complexity index is 980. The van der Waals surface area contributed by atoms with Crippen LogP contribution >= 0.6 is 15.9 Å². The Morgan fingerprint density at radius 2 is 1.85 bits per heavy atom. The molecule has 0 bridgehead atoms. The summed E-state index contributed by atoms with van der Waals surface area (Å²) in [5.41, 5.74) is 2.02. The van der Waals surface area contributed by atoms with E-state index in [0.717, 1.165) is 45.9 Å². The number of aromatic nitrogens is 3. The van der Waals surface area contributed by atoms with Gasteiger partial charge in [0.05, 0.1) is 17.3 Å². The van der Waals surface area contributed by atoms with Crippen molar-refractivity contribution in [1.82, 2.24) is 14.8 Å². The van der Waals surface area contributed by atoms with Crippen LogP contribution in [0.1, 0.15) is 35.2 Å². The van der Waals surface area contributed by atoms with Crippen LogP contribution < -0.4 is 5.32 Å². The van der Waals surface area contributed by atoms with Crippen LogP contribution in [0.3, 0.4) is 0 Å². The normalized spacial score (nSPS) is 16.4. The molecule has 1 atom stereocenters. The van der Waals surface area contributed by atoms with Gasteiger partial charge in [0.1, 0.15) is 11.6 Å². The quantitative estimate of drug-likeness (QED) is 0.580. The molecule has 8 heteroatoms. The molecule has 4 nitrogen and oxygen atoms in total. The van der Waals surface area contributed by atoms with Crippen molar-refractivity contribution in [1.29, 1.82) is 0 Å². The summed E-state index contributed by atoms with van der Waals surface area (Å²) in [6, 6.07) is 11.1. The zero-order valence-corrected chi connectivity index (χ0v) is 16.0. The van der Waals surface area contributed by atoms with Crippen molar-refractivity contribution < 1.29 is 13.2 Å². The second-order valence-corrected chi connectivity index (χ2v) is 7.43. The number of fused-ring (bicyclic) bond motifs is 3. The summed E-state index contributed by atoms with van der Waals surface area (Å²) in [6.07, 6.45) is -2.87. The molecule has 0 radical (unpaired) electrons. The van der Waals surface area contributed by atoms with Crippen LogP contribution in [0.5, 0.6) is 0 Å². The van der Waals surface area contributed by atoms with Crippen molar-refractivity contribution in [2.75, 3.05) is 5.32 Å². The Labute approximate surface area is 162 Å². The predicted molar refractivity (Wildman–Crippen MR) is 99.9 cm³/mol. The Balaban J connectivity index is 1.70. The van der Waals surface area contributed by atoms with Crippen LogP contribution in [-0.2, 0) is 12.6 Å². The Hall–Kier alpha value is -2.35. The van der Waals surface area contributed by atoms with Gasteiger partial charge in [-0.15, -0.1) is 10.2 Å². The SMILES string of the molecule is Cc1nnc2n1-c1ccc(Br)cc1C(Nc1ccc(C(F)(F)F)cc1)CC2. The fourth-order valence-corrected chi connectivity index (χ4v) is 3.80. The lowest BCUT2D eigenvalue weighted by molar-refractivity contribution is -0.137. The Kier molecular flexibility index (Phi) is 4.46. The number of alkyl halides is 3. The molecular formula is C19H16BrF3N4. The average Bonchev–Trinajstić information content (AvgIpc) is 2.91. The molecule has 1 aliphatic rings. The number of aryl methyl sites for hydroxylation is 2. The maximum absolute atomic E-state index is 12.8. The van der Waals surface area contributed by atoms with Gasteiger partial charge >= 0.3 is 6.18 Å². The van der Waals surface area contributed by atoms with Gasteiger partial charge in [-0.2, -0.15) is 13.2 Å². The number of benzene rings is 2. The van der Waals surface area contributed by atoms with Crippen molar-refractivity contribution >= 4 is 21.6 Å². The number of anilines is 1. The minimum absolute atomic E-state index is 0.0599. The third kappa shape index (κ3) is 3.45. The third-order valence-corrected chi connectivity index (χ3v) is 5.20. The van der Waals surface area contributed by atoms with Gasteiger partial charge in [-0.3, -0.25) is 4.57 Å². The van der Waals surface area contributed by atoms with Gasteiger partial charge in [-0.1, -0.05) is 15.9 Å². The minimum atomic E-state index is -4.34. The van der Waals surface area contributed by atoms with Gasteiger partial charge in [0.15, 0.2) is 0 Å². The van der Waals surface area contributed by atoms with Gasteiger partial charge in [0.2, 0.25) is 0 Å². The lowest BCUT2D eigenvalue weighted by Gasteiger charge is -2.21. The number of rotatable bonds is 2. The first-order valence-electron chi connectivity index (χ1n) is 8.47. The summed E-state index contributed by atoms with van der Waals surface area (Å²) in [4.78, 5) is 0. The standard InChI is InChI=1S/C19H16BrF3N4/c1-11-25-26-18-9-7-16(15-10-13(20)4-8-17(15)27(11)18)24-14-5-2-12(3-6-14)19(21,22)23/h2-6,8,10,16,24H,7,9H2,1H3. The first-order chi connectivity index (χ1) is 12.8. The molecular weight excluding hydrogens is 421 g/mol. The first kappa shape index (κ1) is 18.0. The summed E-state index contributed by atoms with van der Waals surface area (Å²) in [5.74, 6) is 1.69. The van der Waals surface area contributed by atoms with Crippen molar-refractivity contribution in [2.24, 2.45) is 0 Å². The Morgan fingerprint density at radius 1 is 1.11 bits per heavy atom. The zero-order chi connectivity index (χ0) is 19.2. The van der Waals surface area contributed by atoms with Crippen LogP contribution in [0.2, 0.25) is 0 Å². The molecule has 1 aliphatic heterocycles. The van der Waals surface area contributed by atoms with Crippen molar-refractivity contribution in [3.63, 3.8) is 0 Å². The summed E-state index contributed by atoms with van der Waals surface area (Å²) < 4.78 is 41.3. The van der Waals surface area contributed by atoms with Crippen molar-refractivity contribution in [3.8, 4) is 5.69 Å². The van der Waals surface area contributed by atoms with E-state index in [1.165, 1.54) is 12.1 Å². The van der Waals surface area contributed by atoms with E-state index >= 15 is 0 Å². The molecule has 0 aliphatic carbocycles. The Morgan fingerprint density at radius 3 is 2.56 bits per heavy atom. The topological polar surface area (TPSA) is 42.7 Å². The lowest BCUT2D eigenvalue weighted by atomic mass is 10.0. The molecule has 2 aromatic carbocycles. The molecule has 0 spiro atoms. The van der Waals surface area contributed by atoms with E-state index < -0.39 is 11.7 Å². The smallest absolute Gasteiger partial charge is 0.378 e. The number of nitrogens with zero attached hydrogens (tertiary/aromatic N) is 3. The number of halogens is 4. The molecule has 140 valence electrons. The van der Waals surface area contributed by atoms with E-state index in [4.69, 9.17) is 0 Å². The lowest BCUT2D eigenvalue weighted by Crippen LogP contribution is -2.13. The minimum Gasteiger partial charge on any atom is -0.378 e. The molecule has 4 rings (SSSR count). The fraction of sp³-hybridized carbons (Fsp3) is 0.263. The molecule has 1 aromatic heterocycles. The van der Waals surface area contributed by atoms with Gasteiger partial charge < -0.3 is 5.32 Å². The van der Waals surface area contributed by atoms with Crippen LogP contribution in [0.15, 0.2) is 46.9 Å². The summed E-state index contributed by atoms with van der Waals surface area (Å²) >= 11 is 3.52. The fourth-order valence-electron chi connectivity index (χ4n) is 3.43. The molecule has 0 saturated heterocycles. The number of nitrogens with one attached hydrogen (secondary N) is 1. The van der Waals surface area contributed by atoms with E-state index in [1.807, 2.05) is 29.7 Å². The van der Waals surface area contributed by atoms with Gasteiger partial charge in [-0.25, -0.2) is 0 Å². The average molecular weight is 437 g/mol. The highest BCUT2D eigenvalue weighted by Gasteiger charge is 2.30. The van der Waals surface area contributed by atoms with Gasteiger partial charge in [-0.05, 0) is 61.4 Å². The molecule has 3 aromatic rings. The molecule has 1 unspecified atom stereocenters. The van der Waals surface area contributed by atoms with E-state index in [-0.39, 0.29) is 6.04 Å². The molecule has 1 N–H and O–H groups in total. The van der Waals surface area contributed by atoms with E-state index in [1.54, 1.807) is 0 Å². The predicted octanol–water partition coefficient (Wildman–Crippen LogP) is 5.46. The van der Waals surface area contributed by atoms with E-state index in [9.17, 15) is 13.2 Å². The van der Waals surface area contributed by atoms with E-state index in [2.05, 4.69) is 31.4 Å². The largest absolute Gasteiger partial charge is 0.416 e. The molecule has 27 heavy (non-hydrogen) atoms. The first-order valence-corrected chi connectivity index (χ1v) is 9.27. The zero-order valence-electron chi connectivity index (χ0n) is 14.4. The highest BCUT2D eigenvalue weighted by atomic mass is 79.9. The van der Waals surface area contributed by atoms with Crippen molar-refractivity contribution in [2.45, 2.75) is 32.0 Å². The second-order valence-electron chi connectivity index (χ2n) is 6.51. The summed E-state index contributed by atoms with van der Waals surface area (Å²) in [6.45, 7) is 1.91. The number of hydrogen-bond donors (Lipinski definition) is 1.